The number of carbonyl (C=O) groups is 2. The minimum absolute atomic E-state index is 0.120. The number of hydrogen-bond donors (Lipinski definition) is 3. The molecule has 0 bridgehead atoms. The van der Waals surface area contributed by atoms with Gasteiger partial charge in [-0.15, -0.1) is 0 Å². The van der Waals surface area contributed by atoms with E-state index in [-0.39, 0.29) is 17.9 Å². The molecule has 0 spiro atoms. The Morgan fingerprint density at radius 2 is 1.75 bits per heavy atom. The second-order valence-corrected chi connectivity index (χ2v) is 5.70. The highest BCUT2D eigenvalue weighted by Gasteiger charge is 2.17. The van der Waals surface area contributed by atoms with Gasteiger partial charge in [0.15, 0.2) is 0 Å². The summed E-state index contributed by atoms with van der Waals surface area (Å²) in [6, 6.07) is 14.2. The molecule has 0 fully saturated rings. The number of nitrogens with one attached hydrogen (secondary N) is 3. The molecule has 3 N–H and O–H groups in total. The van der Waals surface area contributed by atoms with Crippen LogP contribution in [0.15, 0.2) is 60.7 Å². The number of hydrogen-bond acceptors (Lipinski definition) is 3. The lowest BCUT2D eigenvalue weighted by Gasteiger charge is -2.12. The SMILES string of the molecule is Cc1ccc(C(=O)Nc2cccc(NC(=O)[C@@H]3C=CCN3)c2)cc1. The molecule has 0 aliphatic carbocycles. The Labute approximate surface area is 140 Å². The summed E-state index contributed by atoms with van der Waals surface area (Å²) in [7, 11) is 0. The molecular formula is C19H19N3O2. The molecule has 122 valence electrons. The fourth-order valence-electron chi connectivity index (χ4n) is 2.45. The van der Waals surface area contributed by atoms with Crippen molar-refractivity contribution in [3.63, 3.8) is 0 Å². The molecule has 2 aromatic carbocycles. The highest BCUT2D eigenvalue weighted by atomic mass is 16.2. The zero-order valence-electron chi connectivity index (χ0n) is 13.4. The summed E-state index contributed by atoms with van der Waals surface area (Å²) >= 11 is 0. The second-order valence-electron chi connectivity index (χ2n) is 5.70. The van der Waals surface area contributed by atoms with E-state index < -0.39 is 0 Å². The van der Waals surface area contributed by atoms with Gasteiger partial charge in [-0.05, 0) is 37.3 Å². The van der Waals surface area contributed by atoms with Crippen LogP contribution in [0.5, 0.6) is 0 Å². The van der Waals surface area contributed by atoms with Gasteiger partial charge >= 0.3 is 0 Å². The van der Waals surface area contributed by atoms with Crippen LogP contribution in [-0.4, -0.2) is 24.4 Å². The summed E-state index contributed by atoms with van der Waals surface area (Å²) in [6.45, 7) is 2.67. The molecule has 1 aliphatic rings. The molecule has 1 heterocycles. The van der Waals surface area contributed by atoms with Crippen molar-refractivity contribution in [2.45, 2.75) is 13.0 Å². The topological polar surface area (TPSA) is 70.2 Å². The fraction of sp³-hybridized carbons (Fsp3) is 0.158. The van der Waals surface area contributed by atoms with Crippen LogP contribution in [0, 0.1) is 6.92 Å². The molecule has 2 aromatic rings. The Balaban J connectivity index is 1.66. The zero-order chi connectivity index (χ0) is 16.9. The molecule has 0 saturated heterocycles. The van der Waals surface area contributed by atoms with Gasteiger partial charge in [0.2, 0.25) is 5.91 Å². The Kier molecular flexibility index (Phi) is 4.72. The molecule has 1 aliphatic heterocycles. The highest BCUT2D eigenvalue weighted by molar-refractivity contribution is 6.05. The van der Waals surface area contributed by atoms with Gasteiger partial charge in [0, 0.05) is 23.5 Å². The van der Waals surface area contributed by atoms with Crippen molar-refractivity contribution in [2.24, 2.45) is 0 Å². The van der Waals surface area contributed by atoms with Crippen molar-refractivity contribution in [1.82, 2.24) is 5.32 Å². The van der Waals surface area contributed by atoms with Gasteiger partial charge in [-0.3, -0.25) is 14.9 Å². The lowest BCUT2D eigenvalue weighted by molar-refractivity contribution is -0.116. The minimum Gasteiger partial charge on any atom is -0.324 e. The Morgan fingerprint density at radius 3 is 2.42 bits per heavy atom. The summed E-state index contributed by atoms with van der Waals surface area (Å²) in [6.07, 6.45) is 3.75. The van der Waals surface area contributed by atoms with E-state index in [2.05, 4.69) is 16.0 Å². The van der Waals surface area contributed by atoms with Gasteiger partial charge < -0.3 is 10.6 Å². The lowest BCUT2D eigenvalue weighted by atomic mass is 10.1. The number of carbonyl (C=O) groups excluding carboxylic acids is 2. The van der Waals surface area contributed by atoms with Gasteiger partial charge in [0.05, 0.1) is 0 Å². The van der Waals surface area contributed by atoms with Crippen molar-refractivity contribution in [2.75, 3.05) is 17.2 Å². The van der Waals surface area contributed by atoms with Gasteiger partial charge in [-0.1, -0.05) is 35.9 Å². The zero-order valence-corrected chi connectivity index (χ0v) is 13.4. The van der Waals surface area contributed by atoms with Gasteiger partial charge in [-0.2, -0.15) is 0 Å². The molecule has 0 aromatic heterocycles. The highest BCUT2D eigenvalue weighted by Crippen LogP contribution is 2.17. The predicted octanol–water partition coefficient (Wildman–Crippen LogP) is 2.71. The molecule has 5 nitrogen and oxygen atoms in total. The van der Waals surface area contributed by atoms with E-state index >= 15 is 0 Å². The molecule has 24 heavy (non-hydrogen) atoms. The normalized spacial score (nSPS) is 16.0. The van der Waals surface area contributed by atoms with Crippen molar-refractivity contribution in [1.29, 1.82) is 0 Å². The molecule has 1 atom stereocenters. The number of benzene rings is 2. The molecule has 0 unspecified atom stereocenters. The Morgan fingerprint density at radius 1 is 1.04 bits per heavy atom. The first-order chi connectivity index (χ1) is 11.6. The van der Waals surface area contributed by atoms with E-state index in [1.54, 1.807) is 36.4 Å². The van der Waals surface area contributed by atoms with Gasteiger partial charge in [0.25, 0.3) is 5.91 Å². The molecule has 2 amide bonds. The predicted molar refractivity (Wildman–Crippen MR) is 95.1 cm³/mol. The van der Waals surface area contributed by atoms with Crippen LogP contribution in [0.1, 0.15) is 15.9 Å². The van der Waals surface area contributed by atoms with Crippen molar-refractivity contribution in [3.05, 3.63) is 71.8 Å². The third-order valence-electron chi connectivity index (χ3n) is 3.77. The van der Waals surface area contributed by atoms with Crippen LogP contribution in [-0.2, 0) is 4.79 Å². The largest absolute Gasteiger partial charge is 0.324 e. The maximum Gasteiger partial charge on any atom is 0.255 e. The quantitative estimate of drug-likeness (QED) is 0.758. The van der Waals surface area contributed by atoms with Gasteiger partial charge in [0.1, 0.15) is 6.04 Å². The number of anilines is 2. The lowest BCUT2D eigenvalue weighted by Crippen LogP contribution is -2.35. The van der Waals surface area contributed by atoms with Crippen LogP contribution >= 0.6 is 0 Å². The molecule has 0 radical (unpaired) electrons. The molecule has 3 rings (SSSR count). The van der Waals surface area contributed by atoms with Crippen molar-refractivity contribution in [3.8, 4) is 0 Å². The first kappa shape index (κ1) is 16.0. The monoisotopic (exact) mass is 321 g/mol. The summed E-state index contributed by atoms with van der Waals surface area (Å²) in [5.41, 5.74) is 2.97. The average molecular weight is 321 g/mol. The van der Waals surface area contributed by atoms with Gasteiger partial charge in [-0.25, -0.2) is 0 Å². The molecule has 0 saturated carbocycles. The fourth-order valence-corrected chi connectivity index (χ4v) is 2.45. The first-order valence-electron chi connectivity index (χ1n) is 7.81. The maximum atomic E-state index is 12.3. The van der Waals surface area contributed by atoms with Crippen LogP contribution in [0.2, 0.25) is 0 Å². The van der Waals surface area contributed by atoms with Crippen molar-refractivity contribution < 1.29 is 9.59 Å². The molecule has 5 heteroatoms. The summed E-state index contributed by atoms with van der Waals surface area (Å²) < 4.78 is 0. The number of aryl methyl sites for hydroxylation is 1. The molecular weight excluding hydrogens is 302 g/mol. The van der Waals surface area contributed by atoms with E-state index in [9.17, 15) is 9.59 Å². The maximum absolute atomic E-state index is 12.3. The Bertz CT molecular complexity index is 781. The standard InChI is InChI=1S/C19H19N3O2/c1-13-7-9-14(10-8-13)18(23)21-15-4-2-5-16(12-15)22-19(24)17-6-3-11-20-17/h2-10,12,17,20H,11H2,1H3,(H,21,23)(H,22,24)/t17-/m0/s1. The summed E-state index contributed by atoms with van der Waals surface area (Å²) in [5.74, 6) is -0.301. The Hall–Kier alpha value is -2.92. The minimum atomic E-state index is -0.309. The van der Waals surface area contributed by atoms with E-state index in [0.29, 0.717) is 23.5 Å². The van der Waals surface area contributed by atoms with E-state index in [1.165, 1.54) is 0 Å². The summed E-state index contributed by atoms with van der Waals surface area (Å²) in [4.78, 5) is 24.3. The number of amides is 2. The summed E-state index contributed by atoms with van der Waals surface area (Å²) in [5, 5.41) is 8.74. The third kappa shape index (κ3) is 3.88. The second kappa shape index (κ2) is 7.10. The van der Waals surface area contributed by atoms with E-state index in [0.717, 1.165) is 5.56 Å². The smallest absolute Gasteiger partial charge is 0.255 e. The van der Waals surface area contributed by atoms with Crippen LogP contribution in [0.3, 0.4) is 0 Å². The average Bonchev–Trinajstić information content (AvgIpc) is 3.10. The first-order valence-corrected chi connectivity index (χ1v) is 7.81. The van der Waals surface area contributed by atoms with Crippen LogP contribution < -0.4 is 16.0 Å². The van der Waals surface area contributed by atoms with Crippen LogP contribution in [0.4, 0.5) is 11.4 Å². The number of rotatable bonds is 4. The van der Waals surface area contributed by atoms with Crippen molar-refractivity contribution >= 4 is 23.2 Å². The van der Waals surface area contributed by atoms with E-state index in [1.807, 2.05) is 31.2 Å². The van der Waals surface area contributed by atoms with Crippen LogP contribution in [0.25, 0.3) is 0 Å². The third-order valence-corrected chi connectivity index (χ3v) is 3.77. The van der Waals surface area contributed by atoms with E-state index in [4.69, 9.17) is 0 Å².